The fraction of sp³-hybridized carbons (Fsp3) is 0.333. The largest absolute Gasteiger partial charge is 0.353 e. The van der Waals surface area contributed by atoms with Crippen molar-refractivity contribution < 1.29 is 19.1 Å². The quantitative estimate of drug-likeness (QED) is 0.565. The standard InChI is InChI=1S/C30H32N4O4/c1-21-6-8-24(9-7-21)28(36)33-16-12-30(13-17-33)34(29(37)25-5-3-4-22(2)18-25)26(20-38-30)27(35)32-19-23-10-14-31-15-11-23/h3-11,14-15,18,26H,12-13,16-17,19-20H2,1-2H3,(H,32,35). The van der Waals surface area contributed by atoms with E-state index in [0.717, 1.165) is 16.7 Å². The molecule has 1 N–H and O–H groups in total. The summed E-state index contributed by atoms with van der Waals surface area (Å²) in [6.07, 6.45) is 4.20. The Morgan fingerprint density at radius 2 is 1.63 bits per heavy atom. The number of likely N-dealkylation sites (tertiary alicyclic amines) is 1. The highest BCUT2D eigenvalue weighted by Crippen LogP contribution is 2.39. The van der Waals surface area contributed by atoms with Crippen molar-refractivity contribution >= 4 is 17.7 Å². The van der Waals surface area contributed by atoms with Gasteiger partial charge >= 0.3 is 0 Å². The maximum absolute atomic E-state index is 13.9. The number of nitrogens with one attached hydrogen (secondary N) is 1. The number of amides is 3. The summed E-state index contributed by atoms with van der Waals surface area (Å²) in [7, 11) is 0. The van der Waals surface area contributed by atoms with E-state index in [2.05, 4.69) is 10.3 Å². The molecule has 1 unspecified atom stereocenters. The number of benzene rings is 2. The van der Waals surface area contributed by atoms with Crippen LogP contribution in [-0.4, -0.2) is 64.0 Å². The molecule has 3 aromatic rings. The Balaban J connectivity index is 1.36. The van der Waals surface area contributed by atoms with Crippen molar-refractivity contribution in [3.8, 4) is 0 Å². The van der Waals surface area contributed by atoms with Gasteiger partial charge in [0.15, 0.2) is 0 Å². The summed E-state index contributed by atoms with van der Waals surface area (Å²) in [4.78, 5) is 47.8. The Bertz CT molecular complexity index is 1320. The Morgan fingerprint density at radius 1 is 0.921 bits per heavy atom. The number of aromatic nitrogens is 1. The molecule has 2 fully saturated rings. The summed E-state index contributed by atoms with van der Waals surface area (Å²) in [6, 6.07) is 17.8. The van der Waals surface area contributed by atoms with Gasteiger partial charge in [-0.15, -0.1) is 0 Å². The number of ether oxygens (including phenoxy) is 1. The van der Waals surface area contributed by atoms with E-state index in [0.29, 0.717) is 43.6 Å². The molecule has 3 amide bonds. The summed E-state index contributed by atoms with van der Waals surface area (Å²) >= 11 is 0. The van der Waals surface area contributed by atoms with Gasteiger partial charge in [-0.05, 0) is 55.8 Å². The number of nitrogens with zero attached hydrogens (tertiary/aromatic N) is 3. The number of hydrogen-bond donors (Lipinski definition) is 1. The van der Waals surface area contributed by atoms with Gasteiger partial charge in [-0.3, -0.25) is 24.3 Å². The number of aryl methyl sites for hydroxylation is 2. The molecule has 1 aromatic heterocycles. The summed E-state index contributed by atoms with van der Waals surface area (Å²) in [5, 5.41) is 2.96. The molecule has 2 aliphatic rings. The van der Waals surface area contributed by atoms with Crippen LogP contribution >= 0.6 is 0 Å². The number of rotatable bonds is 5. The van der Waals surface area contributed by atoms with E-state index in [1.54, 1.807) is 28.3 Å². The average molecular weight is 513 g/mol. The lowest BCUT2D eigenvalue weighted by Crippen LogP contribution is -2.59. The van der Waals surface area contributed by atoms with Crippen molar-refractivity contribution in [1.29, 1.82) is 0 Å². The summed E-state index contributed by atoms with van der Waals surface area (Å²) in [5.74, 6) is -0.549. The second-order valence-electron chi connectivity index (χ2n) is 10.0. The van der Waals surface area contributed by atoms with Gasteiger partial charge in [-0.25, -0.2) is 0 Å². The van der Waals surface area contributed by atoms with Crippen LogP contribution in [0.2, 0.25) is 0 Å². The van der Waals surface area contributed by atoms with E-state index in [-0.39, 0.29) is 24.3 Å². The molecule has 196 valence electrons. The van der Waals surface area contributed by atoms with Gasteiger partial charge in [0.05, 0.1) is 6.61 Å². The minimum absolute atomic E-state index is 0.0407. The van der Waals surface area contributed by atoms with Crippen LogP contribution in [0.15, 0.2) is 73.1 Å². The van der Waals surface area contributed by atoms with E-state index in [9.17, 15) is 14.4 Å². The molecule has 5 rings (SSSR count). The highest BCUT2D eigenvalue weighted by Gasteiger charge is 2.54. The number of carbonyl (C=O) groups excluding carboxylic acids is 3. The number of piperidine rings is 1. The third kappa shape index (κ3) is 5.17. The molecular weight excluding hydrogens is 480 g/mol. The zero-order valence-corrected chi connectivity index (χ0v) is 21.7. The minimum atomic E-state index is -0.955. The second-order valence-corrected chi connectivity index (χ2v) is 10.0. The molecule has 1 atom stereocenters. The van der Waals surface area contributed by atoms with Crippen LogP contribution in [0, 0.1) is 13.8 Å². The first-order chi connectivity index (χ1) is 18.4. The first kappa shape index (κ1) is 25.6. The monoisotopic (exact) mass is 512 g/mol. The normalized spacial score (nSPS) is 18.4. The zero-order chi connectivity index (χ0) is 26.7. The molecule has 0 radical (unpaired) electrons. The number of hydrogen-bond acceptors (Lipinski definition) is 5. The van der Waals surface area contributed by atoms with Crippen molar-refractivity contribution in [3.63, 3.8) is 0 Å². The van der Waals surface area contributed by atoms with Gasteiger partial charge in [0, 0.05) is 56.0 Å². The third-order valence-corrected chi connectivity index (χ3v) is 7.39. The maximum atomic E-state index is 13.9. The van der Waals surface area contributed by atoms with Crippen LogP contribution in [0.4, 0.5) is 0 Å². The summed E-state index contributed by atoms with van der Waals surface area (Å²) in [6.45, 7) is 5.20. The smallest absolute Gasteiger partial charge is 0.256 e. The Morgan fingerprint density at radius 3 is 2.32 bits per heavy atom. The van der Waals surface area contributed by atoms with Crippen LogP contribution in [0.1, 0.15) is 50.2 Å². The predicted molar refractivity (Wildman–Crippen MR) is 142 cm³/mol. The second kappa shape index (κ2) is 10.8. The van der Waals surface area contributed by atoms with Crippen molar-refractivity contribution in [2.75, 3.05) is 19.7 Å². The van der Waals surface area contributed by atoms with Gasteiger partial charge in [-0.2, -0.15) is 0 Å². The molecule has 0 saturated carbocycles. The van der Waals surface area contributed by atoms with Crippen molar-refractivity contribution in [1.82, 2.24) is 20.1 Å². The molecule has 8 heteroatoms. The van der Waals surface area contributed by atoms with Crippen molar-refractivity contribution in [2.45, 2.75) is 45.0 Å². The number of pyridine rings is 1. The Hall–Kier alpha value is -4.04. The Kier molecular flexibility index (Phi) is 7.24. The molecular formula is C30H32N4O4. The van der Waals surface area contributed by atoms with Gasteiger partial charge in [0.2, 0.25) is 5.91 Å². The molecule has 2 aromatic carbocycles. The third-order valence-electron chi connectivity index (χ3n) is 7.39. The minimum Gasteiger partial charge on any atom is -0.353 e. The summed E-state index contributed by atoms with van der Waals surface area (Å²) in [5.41, 5.74) is 3.17. The topological polar surface area (TPSA) is 91.8 Å². The molecule has 3 heterocycles. The van der Waals surface area contributed by atoms with Crippen molar-refractivity contribution in [2.24, 2.45) is 0 Å². The zero-order valence-electron chi connectivity index (χ0n) is 21.7. The van der Waals surface area contributed by atoms with Crippen LogP contribution in [0.3, 0.4) is 0 Å². The van der Waals surface area contributed by atoms with E-state index in [1.165, 1.54) is 0 Å². The first-order valence-electron chi connectivity index (χ1n) is 12.9. The fourth-order valence-electron chi connectivity index (χ4n) is 5.23. The van der Waals surface area contributed by atoms with Crippen LogP contribution < -0.4 is 5.32 Å². The predicted octanol–water partition coefficient (Wildman–Crippen LogP) is 3.49. The Labute approximate surface area is 222 Å². The van der Waals surface area contributed by atoms with Gasteiger partial charge in [0.1, 0.15) is 11.8 Å². The highest BCUT2D eigenvalue weighted by molar-refractivity contribution is 5.99. The number of carbonyl (C=O) groups is 3. The van der Waals surface area contributed by atoms with Gasteiger partial charge in [-0.1, -0.05) is 35.4 Å². The molecule has 2 aliphatic heterocycles. The SMILES string of the molecule is Cc1ccc(C(=O)N2CCC3(CC2)OCC(C(=O)NCc2ccncc2)N3C(=O)c2cccc(C)c2)cc1. The highest BCUT2D eigenvalue weighted by atomic mass is 16.5. The lowest BCUT2D eigenvalue weighted by molar-refractivity contribution is -0.128. The maximum Gasteiger partial charge on any atom is 0.256 e. The first-order valence-corrected chi connectivity index (χ1v) is 12.9. The van der Waals surface area contributed by atoms with Crippen molar-refractivity contribution in [3.05, 3.63) is 101 Å². The van der Waals surface area contributed by atoms with Crippen LogP contribution in [0.25, 0.3) is 0 Å². The van der Waals surface area contributed by atoms with Gasteiger partial charge < -0.3 is 15.0 Å². The lowest BCUT2D eigenvalue weighted by atomic mass is 9.95. The molecule has 8 nitrogen and oxygen atoms in total. The van der Waals surface area contributed by atoms with E-state index in [4.69, 9.17) is 4.74 Å². The molecule has 38 heavy (non-hydrogen) atoms. The fourth-order valence-corrected chi connectivity index (χ4v) is 5.23. The van der Waals surface area contributed by atoms with Crippen LogP contribution in [0.5, 0.6) is 0 Å². The average Bonchev–Trinajstić information content (AvgIpc) is 3.30. The summed E-state index contributed by atoms with van der Waals surface area (Å²) < 4.78 is 6.30. The van der Waals surface area contributed by atoms with Gasteiger partial charge in [0.25, 0.3) is 11.8 Å². The van der Waals surface area contributed by atoms with E-state index >= 15 is 0 Å². The van der Waals surface area contributed by atoms with E-state index < -0.39 is 11.8 Å². The van der Waals surface area contributed by atoms with Crippen LogP contribution in [-0.2, 0) is 16.1 Å². The lowest BCUT2D eigenvalue weighted by Gasteiger charge is -2.44. The molecule has 2 saturated heterocycles. The molecule has 1 spiro atoms. The molecule has 0 bridgehead atoms. The molecule has 0 aliphatic carbocycles. The van der Waals surface area contributed by atoms with E-state index in [1.807, 2.05) is 68.4 Å².